The first-order valence-electron chi connectivity index (χ1n) is 7.08. The predicted octanol–water partition coefficient (Wildman–Crippen LogP) is 4.78. The van der Waals surface area contributed by atoms with Crippen LogP contribution in [0.25, 0.3) is 10.7 Å². The van der Waals surface area contributed by atoms with Crippen LogP contribution in [0.3, 0.4) is 0 Å². The van der Waals surface area contributed by atoms with Gasteiger partial charge in [0.25, 0.3) is 0 Å². The van der Waals surface area contributed by atoms with Gasteiger partial charge in [0.05, 0.1) is 11.3 Å². The van der Waals surface area contributed by atoms with Crippen molar-refractivity contribution in [2.45, 2.75) is 19.4 Å². The Morgan fingerprint density at radius 1 is 1.21 bits per heavy atom. The maximum Gasteiger partial charge on any atom is 0.306 e. The molecule has 0 aliphatic carbocycles. The lowest BCUT2D eigenvalue weighted by molar-refractivity contribution is -0.145. The van der Waals surface area contributed by atoms with Crippen LogP contribution in [0.15, 0.2) is 40.2 Å². The van der Waals surface area contributed by atoms with Crippen molar-refractivity contribution in [1.82, 2.24) is 10.1 Å². The van der Waals surface area contributed by atoms with E-state index < -0.39 is 0 Å². The zero-order valence-corrected chi connectivity index (χ0v) is 14.7. The van der Waals surface area contributed by atoms with Crippen molar-refractivity contribution in [2.24, 2.45) is 0 Å². The summed E-state index contributed by atoms with van der Waals surface area (Å²) < 4.78 is 10.3. The Kier molecular flexibility index (Phi) is 5.50. The highest BCUT2D eigenvalue weighted by molar-refractivity contribution is 7.13. The van der Waals surface area contributed by atoms with Crippen molar-refractivity contribution in [3.05, 3.63) is 57.2 Å². The zero-order valence-electron chi connectivity index (χ0n) is 12.4. The van der Waals surface area contributed by atoms with Crippen LogP contribution in [0.1, 0.15) is 17.9 Å². The first kappa shape index (κ1) is 17.0. The van der Waals surface area contributed by atoms with E-state index in [0.29, 0.717) is 33.7 Å². The van der Waals surface area contributed by atoms with Crippen LogP contribution in [0.4, 0.5) is 0 Å². The Morgan fingerprint density at radius 3 is 2.71 bits per heavy atom. The Morgan fingerprint density at radius 2 is 2.00 bits per heavy atom. The standard InChI is InChI=1S/C16H12Cl2N2O3S/c17-11-3-1-4-12(18)10(11)9-22-15(21)7-6-14-19-16(20-23-14)13-5-2-8-24-13/h1-5,8H,6-7,9H2. The number of carbonyl (C=O) groups is 1. The van der Waals surface area contributed by atoms with Gasteiger partial charge in [-0.25, -0.2) is 0 Å². The summed E-state index contributed by atoms with van der Waals surface area (Å²) in [5.41, 5.74) is 0.590. The van der Waals surface area contributed by atoms with Gasteiger partial charge in [0.15, 0.2) is 0 Å². The molecule has 0 saturated carbocycles. The number of aryl methyl sites for hydroxylation is 1. The molecule has 8 heteroatoms. The highest BCUT2D eigenvalue weighted by Gasteiger charge is 2.13. The molecule has 0 unspecified atom stereocenters. The number of hydrogen-bond donors (Lipinski definition) is 0. The molecule has 24 heavy (non-hydrogen) atoms. The number of hydrogen-bond acceptors (Lipinski definition) is 6. The third-order valence-electron chi connectivity index (χ3n) is 3.19. The third kappa shape index (κ3) is 4.14. The molecule has 5 nitrogen and oxygen atoms in total. The number of benzene rings is 1. The molecule has 0 N–H and O–H groups in total. The van der Waals surface area contributed by atoms with Crippen molar-refractivity contribution in [3.63, 3.8) is 0 Å². The first-order valence-corrected chi connectivity index (χ1v) is 8.72. The second kappa shape index (κ2) is 7.79. The molecule has 0 atom stereocenters. The maximum absolute atomic E-state index is 11.9. The van der Waals surface area contributed by atoms with Crippen LogP contribution >= 0.6 is 34.5 Å². The molecule has 3 aromatic rings. The van der Waals surface area contributed by atoms with Crippen molar-refractivity contribution in [3.8, 4) is 10.7 Å². The van der Waals surface area contributed by atoms with Crippen molar-refractivity contribution in [2.75, 3.05) is 0 Å². The fraction of sp³-hybridized carbons (Fsp3) is 0.188. The van der Waals surface area contributed by atoms with Gasteiger partial charge in [-0.15, -0.1) is 11.3 Å². The average molecular weight is 383 g/mol. The van der Waals surface area contributed by atoms with Crippen LogP contribution in [-0.4, -0.2) is 16.1 Å². The number of rotatable bonds is 6. The Bertz CT molecular complexity index is 813. The van der Waals surface area contributed by atoms with E-state index >= 15 is 0 Å². The monoisotopic (exact) mass is 382 g/mol. The number of aromatic nitrogens is 2. The number of nitrogens with zero attached hydrogens (tertiary/aromatic N) is 2. The lowest BCUT2D eigenvalue weighted by atomic mass is 10.2. The van der Waals surface area contributed by atoms with Gasteiger partial charge in [0.2, 0.25) is 11.7 Å². The Balaban J connectivity index is 1.51. The smallest absolute Gasteiger partial charge is 0.306 e. The first-order chi connectivity index (χ1) is 11.6. The molecule has 1 aromatic carbocycles. The van der Waals surface area contributed by atoms with E-state index in [9.17, 15) is 4.79 Å². The summed E-state index contributed by atoms with van der Waals surface area (Å²) >= 11 is 13.6. The van der Waals surface area contributed by atoms with Gasteiger partial charge < -0.3 is 9.26 Å². The van der Waals surface area contributed by atoms with Gasteiger partial charge in [0, 0.05) is 22.0 Å². The summed E-state index contributed by atoms with van der Waals surface area (Å²) in [6, 6.07) is 8.94. The van der Waals surface area contributed by atoms with Crippen LogP contribution < -0.4 is 0 Å². The molecule has 0 bridgehead atoms. The van der Waals surface area contributed by atoms with Crippen molar-refractivity contribution < 1.29 is 14.1 Å². The summed E-state index contributed by atoms with van der Waals surface area (Å²) in [5.74, 6) is 0.532. The van der Waals surface area contributed by atoms with E-state index in [1.807, 2.05) is 17.5 Å². The lowest BCUT2D eigenvalue weighted by Crippen LogP contribution is -2.06. The summed E-state index contributed by atoms with van der Waals surface area (Å²) in [5, 5.41) is 6.75. The van der Waals surface area contributed by atoms with E-state index in [4.69, 9.17) is 32.5 Å². The Labute approximate surface area is 152 Å². The van der Waals surface area contributed by atoms with Crippen molar-refractivity contribution >= 4 is 40.5 Å². The second-order valence-corrected chi connectivity index (χ2v) is 6.61. The van der Waals surface area contributed by atoms with Crippen molar-refractivity contribution in [1.29, 1.82) is 0 Å². The normalized spacial score (nSPS) is 10.8. The Hall–Kier alpha value is -1.89. The van der Waals surface area contributed by atoms with Crippen LogP contribution in [0.5, 0.6) is 0 Å². The number of thiophene rings is 1. The molecule has 2 aromatic heterocycles. The highest BCUT2D eigenvalue weighted by atomic mass is 35.5. The minimum atomic E-state index is -0.387. The zero-order chi connectivity index (χ0) is 16.9. The van der Waals surface area contributed by atoms with E-state index in [0.717, 1.165) is 4.88 Å². The maximum atomic E-state index is 11.9. The number of esters is 1. The van der Waals surface area contributed by atoms with Gasteiger partial charge in [-0.1, -0.05) is 40.5 Å². The second-order valence-electron chi connectivity index (χ2n) is 4.85. The summed E-state index contributed by atoms with van der Waals surface area (Å²) in [6.07, 6.45) is 0.446. The molecule has 0 aliphatic heterocycles. The van der Waals surface area contributed by atoms with Gasteiger partial charge in [-0.3, -0.25) is 4.79 Å². The van der Waals surface area contributed by atoms with Gasteiger partial charge >= 0.3 is 5.97 Å². The SMILES string of the molecule is O=C(CCc1nc(-c2cccs2)no1)OCc1c(Cl)cccc1Cl. The number of halogens is 2. The molecule has 3 rings (SSSR count). The molecule has 0 amide bonds. The van der Waals surface area contributed by atoms with Gasteiger partial charge in [0.1, 0.15) is 6.61 Å². The van der Waals surface area contributed by atoms with Crippen LogP contribution in [-0.2, 0) is 22.6 Å². The minimum Gasteiger partial charge on any atom is -0.461 e. The third-order valence-corrected chi connectivity index (χ3v) is 4.77. The fourth-order valence-corrected chi connectivity index (χ4v) is 3.12. The lowest BCUT2D eigenvalue weighted by Gasteiger charge is -2.07. The molecule has 0 aliphatic rings. The van der Waals surface area contributed by atoms with Gasteiger partial charge in [-0.05, 0) is 23.6 Å². The molecule has 0 spiro atoms. The summed E-state index contributed by atoms with van der Waals surface area (Å²) in [7, 11) is 0. The predicted molar refractivity (Wildman–Crippen MR) is 92.2 cm³/mol. The van der Waals surface area contributed by atoms with Gasteiger partial charge in [-0.2, -0.15) is 4.98 Å². The fourth-order valence-electron chi connectivity index (χ4n) is 1.97. The molecule has 2 heterocycles. The molecule has 0 fully saturated rings. The van der Waals surface area contributed by atoms with Crippen LogP contribution in [0.2, 0.25) is 10.0 Å². The molecule has 124 valence electrons. The van der Waals surface area contributed by atoms with E-state index in [1.54, 1.807) is 18.2 Å². The quantitative estimate of drug-likeness (QED) is 0.573. The largest absolute Gasteiger partial charge is 0.461 e. The summed E-state index contributed by atoms with van der Waals surface area (Å²) in [6.45, 7) is 0.0294. The van der Waals surface area contributed by atoms with E-state index in [-0.39, 0.29) is 19.0 Å². The molecular weight excluding hydrogens is 371 g/mol. The molecule has 0 radical (unpaired) electrons. The molecule has 0 saturated heterocycles. The van der Waals surface area contributed by atoms with Crippen LogP contribution in [0, 0.1) is 0 Å². The van der Waals surface area contributed by atoms with E-state index in [1.165, 1.54) is 11.3 Å². The highest BCUT2D eigenvalue weighted by Crippen LogP contribution is 2.25. The molecular formula is C16H12Cl2N2O3S. The number of ether oxygens (including phenoxy) is 1. The average Bonchev–Trinajstić information content (AvgIpc) is 3.23. The van der Waals surface area contributed by atoms with E-state index in [2.05, 4.69) is 10.1 Å². The number of carbonyl (C=O) groups excluding carboxylic acids is 1. The summed E-state index contributed by atoms with van der Waals surface area (Å²) in [4.78, 5) is 17.0. The minimum absolute atomic E-state index is 0.0294. The topological polar surface area (TPSA) is 65.2 Å².